The normalized spacial score (nSPS) is 15.0. The van der Waals surface area contributed by atoms with Gasteiger partial charge in [-0.15, -0.1) is 0 Å². The van der Waals surface area contributed by atoms with Crippen LogP contribution in [-0.2, 0) is 0 Å². The predicted molar refractivity (Wildman–Crippen MR) is 81.5 cm³/mol. The predicted octanol–water partition coefficient (Wildman–Crippen LogP) is 3.54. The largest absolute Gasteiger partial charge is 0.356 e. The van der Waals surface area contributed by atoms with Crippen molar-refractivity contribution >= 4 is 28.5 Å². The van der Waals surface area contributed by atoms with Crippen molar-refractivity contribution in [2.45, 2.75) is 12.8 Å². The first-order valence-corrected chi connectivity index (χ1v) is 7.32. The minimum Gasteiger partial charge on any atom is -0.356 e. The number of fused-ring (bicyclic) bond motifs is 1. The van der Waals surface area contributed by atoms with Gasteiger partial charge in [0.1, 0.15) is 23.2 Å². The van der Waals surface area contributed by atoms with Gasteiger partial charge in [-0.2, -0.15) is 4.98 Å². The fourth-order valence-corrected chi connectivity index (χ4v) is 2.96. The summed E-state index contributed by atoms with van der Waals surface area (Å²) >= 11 is 6.08. The molecule has 0 amide bonds. The first-order valence-electron chi connectivity index (χ1n) is 6.94. The van der Waals surface area contributed by atoms with E-state index in [0.717, 1.165) is 35.6 Å². The number of benzene rings is 1. The van der Waals surface area contributed by atoms with Crippen LogP contribution in [0.25, 0.3) is 22.4 Å². The van der Waals surface area contributed by atoms with Gasteiger partial charge in [-0.05, 0) is 25.0 Å². The molecule has 3 aromatic rings. The van der Waals surface area contributed by atoms with Gasteiger partial charge in [0.25, 0.3) is 5.71 Å². The van der Waals surface area contributed by atoms with E-state index < -0.39 is 0 Å². The molecule has 0 unspecified atom stereocenters. The van der Waals surface area contributed by atoms with Crippen molar-refractivity contribution < 1.29 is 4.52 Å². The summed E-state index contributed by atoms with van der Waals surface area (Å²) in [6.07, 6.45) is 3.90. The maximum absolute atomic E-state index is 6.08. The second kappa shape index (κ2) is 5.00. The number of anilines is 1. The number of nitrogens with zero attached hydrogens (tertiary/aromatic N) is 4. The van der Waals surface area contributed by atoms with Gasteiger partial charge in [0.05, 0.1) is 0 Å². The zero-order valence-corrected chi connectivity index (χ0v) is 12.0. The summed E-state index contributed by atoms with van der Waals surface area (Å²) < 4.78 is 5.37. The Bertz CT molecular complexity index is 795. The fourth-order valence-electron chi connectivity index (χ4n) is 2.77. The van der Waals surface area contributed by atoms with E-state index in [4.69, 9.17) is 16.1 Å². The lowest BCUT2D eigenvalue weighted by molar-refractivity contribution is 0.451. The molecule has 6 heteroatoms. The number of aromatic nitrogens is 3. The molecule has 0 radical (unpaired) electrons. The summed E-state index contributed by atoms with van der Waals surface area (Å²) in [5.41, 5.74) is 2.17. The second-order valence-electron chi connectivity index (χ2n) is 5.11. The van der Waals surface area contributed by atoms with Crippen LogP contribution in [0, 0.1) is 0 Å². The van der Waals surface area contributed by atoms with E-state index >= 15 is 0 Å². The summed E-state index contributed by atoms with van der Waals surface area (Å²) in [5, 5.41) is 5.71. The molecule has 5 nitrogen and oxygen atoms in total. The van der Waals surface area contributed by atoms with Gasteiger partial charge in [-0.1, -0.05) is 28.9 Å². The molecule has 1 fully saturated rings. The molecule has 1 saturated heterocycles. The van der Waals surface area contributed by atoms with Crippen LogP contribution in [0.2, 0.25) is 5.02 Å². The molecule has 3 heterocycles. The Morgan fingerprint density at radius 1 is 1.14 bits per heavy atom. The highest BCUT2D eigenvalue weighted by atomic mass is 35.5. The summed E-state index contributed by atoms with van der Waals surface area (Å²) in [7, 11) is 0. The maximum atomic E-state index is 6.08. The van der Waals surface area contributed by atoms with E-state index in [0.29, 0.717) is 10.7 Å². The molecule has 1 aromatic carbocycles. The zero-order chi connectivity index (χ0) is 14.2. The number of rotatable bonds is 2. The molecule has 1 aliphatic rings. The quantitative estimate of drug-likeness (QED) is 0.724. The molecule has 0 atom stereocenters. The van der Waals surface area contributed by atoms with E-state index in [9.17, 15) is 0 Å². The van der Waals surface area contributed by atoms with Gasteiger partial charge >= 0.3 is 0 Å². The zero-order valence-electron chi connectivity index (χ0n) is 11.3. The van der Waals surface area contributed by atoms with Crippen molar-refractivity contribution in [3.63, 3.8) is 0 Å². The Hall–Kier alpha value is -2.14. The maximum Gasteiger partial charge on any atom is 0.263 e. The summed E-state index contributed by atoms with van der Waals surface area (Å²) in [6, 6.07) is 7.58. The van der Waals surface area contributed by atoms with E-state index in [2.05, 4.69) is 20.0 Å². The van der Waals surface area contributed by atoms with Crippen molar-refractivity contribution in [1.29, 1.82) is 0 Å². The molecule has 4 rings (SSSR count). The van der Waals surface area contributed by atoms with Crippen LogP contribution >= 0.6 is 11.6 Å². The third-order valence-corrected chi connectivity index (χ3v) is 3.99. The lowest BCUT2D eigenvalue weighted by Gasteiger charge is -2.16. The molecule has 0 saturated carbocycles. The van der Waals surface area contributed by atoms with Crippen LogP contribution in [-0.4, -0.2) is 28.2 Å². The highest BCUT2D eigenvalue weighted by Crippen LogP contribution is 2.34. The molecule has 0 spiro atoms. The number of halogens is 1. The average molecular weight is 301 g/mol. The van der Waals surface area contributed by atoms with Crippen LogP contribution in [0.5, 0.6) is 0 Å². The third-order valence-electron chi connectivity index (χ3n) is 3.76. The van der Waals surface area contributed by atoms with Gasteiger partial charge in [0.2, 0.25) is 0 Å². The minimum atomic E-state index is 0.516. The topological polar surface area (TPSA) is 55.1 Å². The third kappa shape index (κ3) is 2.14. The first kappa shape index (κ1) is 12.6. The highest BCUT2D eigenvalue weighted by molar-refractivity contribution is 6.30. The SMILES string of the molecule is Clc1cccc(-c2noc3ncnc(N4CCCC4)c23)c1. The van der Waals surface area contributed by atoms with Gasteiger partial charge in [-0.25, -0.2) is 4.98 Å². The number of hydrogen-bond acceptors (Lipinski definition) is 5. The van der Waals surface area contributed by atoms with Gasteiger partial charge in [0, 0.05) is 23.7 Å². The molecule has 2 aromatic heterocycles. The number of hydrogen-bond donors (Lipinski definition) is 0. The highest BCUT2D eigenvalue weighted by Gasteiger charge is 2.22. The van der Waals surface area contributed by atoms with E-state index in [1.165, 1.54) is 19.2 Å². The summed E-state index contributed by atoms with van der Waals surface area (Å²) in [4.78, 5) is 10.9. The average Bonchev–Trinajstić information content (AvgIpc) is 3.16. The van der Waals surface area contributed by atoms with E-state index in [1.807, 2.05) is 24.3 Å². The molecule has 0 aliphatic carbocycles. The summed E-state index contributed by atoms with van der Waals surface area (Å²) in [6.45, 7) is 2.01. The molecule has 106 valence electrons. The van der Waals surface area contributed by atoms with Crippen molar-refractivity contribution in [2.24, 2.45) is 0 Å². The molecular weight excluding hydrogens is 288 g/mol. The van der Waals surface area contributed by atoms with Crippen LogP contribution in [0.15, 0.2) is 35.1 Å². The Morgan fingerprint density at radius 2 is 2.00 bits per heavy atom. The minimum absolute atomic E-state index is 0.516. The molecule has 1 aliphatic heterocycles. The standard InChI is InChI=1S/C15H13ClN4O/c16-11-5-3-4-10(8-11)13-12-14(20-6-1-2-7-20)17-9-18-15(12)21-19-13/h3-5,8-9H,1-2,6-7H2. The fraction of sp³-hybridized carbons (Fsp3) is 0.267. The van der Waals surface area contributed by atoms with Gasteiger partial charge in [0.15, 0.2) is 0 Å². The Labute approximate surface area is 126 Å². The Balaban J connectivity index is 1.93. The molecule has 21 heavy (non-hydrogen) atoms. The lowest BCUT2D eigenvalue weighted by atomic mass is 10.1. The second-order valence-corrected chi connectivity index (χ2v) is 5.55. The van der Waals surface area contributed by atoms with Crippen LogP contribution in [0.1, 0.15) is 12.8 Å². The lowest BCUT2D eigenvalue weighted by Crippen LogP contribution is -2.19. The van der Waals surface area contributed by atoms with E-state index in [1.54, 1.807) is 0 Å². The molecule has 0 N–H and O–H groups in total. The van der Waals surface area contributed by atoms with Gasteiger partial charge < -0.3 is 9.42 Å². The van der Waals surface area contributed by atoms with Crippen LogP contribution in [0.4, 0.5) is 5.82 Å². The molecular formula is C15H13ClN4O. The van der Waals surface area contributed by atoms with Gasteiger partial charge in [-0.3, -0.25) is 0 Å². The van der Waals surface area contributed by atoms with Crippen molar-refractivity contribution in [3.05, 3.63) is 35.6 Å². The Kier molecular flexibility index (Phi) is 3.00. The Morgan fingerprint density at radius 3 is 2.81 bits per heavy atom. The van der Waals surface area contributed by atoms with Crippen molar-refractivity contribution in [1.82, 2.24) is 15.1 Å². The molecule has 0 bridgehead atoms. The van der Waals surface area contributed by atoms with Crippen LogP contribution in [0.3, 0.4) is 0 Å². The monoisotopic (exact) mass is 300 g/mol. The van der Waals surface area contributed by atoms with E-state index in [-0.39, 0.29) is 0 Å². The summed E-state index contributed by atoms with van der Waals surface area (Å²) in [5.74, 6) is 0.897. The van der Waals surface area contributed by atoms with Crippen LogP contribution < -0.4 is 4.90 Å². The van der Waals surface area contributed by atoms with Crippen molar-refractivity contribution in [3.8, 4) is 11.3 Å². The smallest absolute Gasteiger partial charge is 0.263 e. The first-order chi connectivity index (χ1) is 10.3. The van der Waals surface area contributed by atoms with Crippen molar-refractivity contribution in [2.75, 3.05) is 18.0 Å².